The minimum atomic E-state index is -0.324. The van der Waals surface area contributed by atoms with Crippen LogP contribution in [0.15, 0.2) is 24.3 Å². The molecule has 1 N–H and O–H groups in total. The lowest BCUT2D eigenvalue weighted by Crippen LogP contribution is -2.44. The Kier molecular flexibility index (Phi) is 6.56. The number of ketones is 1. The second kappa shape index (κ2) is 7.93. The first kappa shape index (κ1) is 17.4. The molecule has 116 valence electrons. The summed E-state index contributed by atoms with van der Waals surface area (Å²) in [5.41, 5.74) is 1.90. The molecule has 0 radical (unpaired) electrons. The number of rotatable bonds is 7. The summed E-state index contributed by atoms with van der Waals surface area (Å²) in [5, 5.41) is 2.83. The Morgan fingerprint density at radius 1 is 1.14 bits per heavy atom. The number of aryl methyl sites for hydroxylation is 1. The van der Waals surface area contributed by atoms with Gasteiger partial charge in [0, 0.05) is 11.6 Å². The summed E-state index contributed by atoms with van der Waals surface area (Å²) in [6.45, 7) is 7.97. The van der Waals surface area contributed by atoms with Crippen LogP contribution in [0.2, 0.25) is 0 Å². The van der Waals surface area contributed by atoms with Gasteiger partial charge in [-0.2, -0.15) is 0 Å². The van der Waals surface area contributed by atoms with E-state index in [0.29, 0.717) is 5.56 Å². The molecule has 1 aromatic rings. The molecule has 0 spiro atoms. The molecule has 21 heavy (non-hydrogen) atoms. The Balaban J connectivity index is 2.65. The van der Waals surface area contributed by atoms with Crippen LogP contribution in [0.1, 0.15) is 43.6 Å². The first-order valence-electron chi connectivity index (χ1n) is 7.47. The van der Waals surface area contributed by atoms with Gasteiger partial charge in [0.15, 0.2) is 5.78 Å². The van der Waals surface area contributed by atoms with Crippen LogP contribution in [-0.2, 0) is 11.2 Å². The molecule has 0 heterocycles. The molecule has 1 amide bonds. The van der Waals surface area contributed by atoms with Crippen LogP contribution >= 0.6 is 0 Å². The van der Waals surface area contributed by atoms with E-state index < -0.39 is 0 Å². The van der Waals surface area contributed by atoms with Crippen molar-refractivity contribution in [1.29, 1.82) is 0 Å². The van der Waals surface area contributed by atoms with E-state index in [1.807, 2.05) is 45.0 Å². The molecule has 4 heteroatoms. The number of nitrogens with zero attached hydrogens (tertiary/aromatic N) is 1. The fourth-order valence-electron chi connectivity index (χ4n) is 2.08. The normalized spacial score (nSPS) is 12.5. The van der Waals surface area contributed by atoms with Crippen LogP contribution in [0.3, 0.4) is 0 Å². The largest absolute Gasteiger partial charge is 0.353 e. The van der Waals surface area contributed by atoms with E-state index in [1.54, 1.807) is 11.9 Å². The predicted molar refractivity (Wildman–Crippen MR) is 85.5 cm³/mol. The quantitative estimate of drug-likeness (QED) is 0.784. The van der Waals surface area contributed by atoms with Gasteiger partial charge in [0.1, 0.15) is 0 Å². The number of hydrogen-bond donors (Lipinski definition) is 1. The number of carbonyl (C=O) groups is 2. The minimum absolute atomic E-state index is 0.0394. The molecule has 0 aliphatic carbocycles. The zero-order chi connectivity index (χ0) is 16.0. The van der Waals surface area contributed by atoms with Gasteiger partial charge in [-0.1, -0.05) is 31.2 Å². The summed E-state index contributed by atoms with van der Waals surface area (Å²) in [7, 11) is 1.79. The lowest BCUT2D eigenvalue weighted by atomic mass is 10.0. The maximum Gasteiger partial charge on any atom is 0.234 e. The van der Waals surface area contributed by atoms with Gasteiger partial charge in [-0.05, 0) is 39.8 Å². The molecule has 0 aromatic heterocycles. The van der Waals surface area contributed by atoms with Crippen molar-refractivity contribution in [3.63, 3.8) is 0 Å². The summed E-state index contributed by atoms with van der Waals surface area (Å²) >= 11 is 0. The highest BCUT2D eigenvalue weighted by atomic mass is 16.2. The van der Waals surface area contributed by atoms with Crippen molar-refractivity contribution in [2.24, 2.45) is 0 Å². The average molecular weight is 290 g/mol. The van der Waals surface area contributed by atoms with Crippen LogP contribution in [0.4, 0.5) is 0 Å². The van der Waals surface area contributed by atoms with Crippen LogP contribution in [-0.4, -0.2) is 42.3 Å². The number of hydrogen-bond acceptors (Lipinski definition) is 3. The van der Waals surface area contributed by atoms with Gasteiger partial charge >= 0.3 is 0 Å². The molecule has 1 atom stereocenters. The third-order valence-electron chi connectivity index (χ3n) is 3.53. The molecule has 0 saturated heterocycles. The number of nitrogens with one attached hydrogen (secondary N) is 1. The number of carbonyl (C=O) groups excluding carboxylic acids is 2. The highest BCUT2D eigenvalue weighted by molar-refractivity contribution is 6.00. The summed E-state index contributed by atoms with van der Waals surface area (Å²) < 4.78 is 0. The van der Waals surface area contributed by atoms with Crippen LogP contribution in [0, 0.1) is 0 Å². The Bertz CT molecular complexity index is 480. The lowest BCUT2D eigenvalue weighted by Gasteiger charge is -2.23. The summed E-state index contributed by atoms with van der Waals surface area (Å²) in [6.07, 6.45) is 0.958. The first-order valence-corrected chi connectivity index (χ1v) is 7.47. The Labute approximate surface area is 127 Å². The van der Waals surface area contributed by atoms with Crippen molar-refractivity contribution >= 4 is 11.7 Å². The summed E-state index contributed by atoms with van der Waals surface area (Å²) in [6, 6.07) is 7.46. The van der Waals surface area contributed by atoms with Crippen molar-refractivity contribution in [1.82, 2.24) is 10.2 Å². The average Bonchev–Trinajstić information content (AvgIpc) is 2.44. The highest BCUT2D eigenvalue weighted by Crippen LogP contribution is 2.10. The van der Waals surface area contributed by atoms with E-state index in [9.17, 15) is 9.59 Å². The van der Waals surface area contributed by atoms with Gasteiger partial charge < -0.3 is 5.32 Å². The number of likely N-dealkylation sites (N-methyl/N-ethyl adjacent to an activating group) is 1. The number of benzene rings is 1. The van der Waals surface area contributed by atoms with Gasteiger partial charge in [0.25, 0.3) is 0 Å². The number of amides is 1. The molecule has 1 rings (SSSR count). The molecule has 0 aliphatic rings. The maximum atomic E-state index is 12.4. The zero-order valence-electron chi connectivity index (χ0n) is 13.6. The molecule has 4 nitrogen and oxygen atoms in total. The second-order valence-electron chi connectivity index (χ2n) is 5.73. The second-order valence-corrected chi connectivity index (χ2v) is 5.73. The van der Waals surface area contributed by atoms with Crippen molar-refractivity contribution < 1.29 is 9.59 Å². The molecule has 1 aromatic carbocycles. The topological polar surface area (TPSA) is 49.4 Å². The minimum Gasteiger partial charge on any atom is -0.353 e. The third-order valence-corrected chi connectivity index (χ3v) is 3.53. The van der Waals surface area contributed by atoms with Crippen molar-refractivity contribution in [3.05, 3.63) is 35.4 Å². The molecular formula is C17H26N2O2. The van der Waals surface area contributed by atoms with Gasteiger partial charge in [-0.25, -0.2) is 0 Å². The molecule has 0 saturated carbocycles. The van der Waals surface area contributed by atoms with Crippen LogP contribution < -0.4 is 5.32 Å². The van der Waals surface area contributed by atoms with E-state index in [1.165, 1.54) is 5.56 Å². The van der Waals surface area contributed by atoms with Gasteiger partial charge in [0.2, 0.25) is 5.91 Å². The fourth-order valence-corrected chi connectivity index (χ4v) is 2.08. The van der Waals surface area contributed by atoms with Gasteiger partial charge in [0.05, 0.1) is 12.6 Å². The SMILES string of the molecule is CCc1ccc(C(=O)C(C)N(C)CC(=O)NC(C)C)cc1. The molecule has 1 unspecified atom stereocenters. The Morgan fingerprint density at radius 2 is 1.71 bits per heavy atom. The zero-order valence-corrected chi connectivity index (χ0v) is 13.6. The summed E-state index contributed by atoms with van der Waals surface area (Å²) in [4.78, 5) is 25.9. The molecule has 0 bridgehead atoms. The van der Waals surface area contributed by atoms with Crippen LogP contribution in [0.25, 0.3) is 0 Å². The smallest absolute Gasteiger partial charge is 0.234 e. The Morgan fingerprint density at radius 3 is 2.19 bits per heavy atom. The van der Waals surface area contributed by atoms with Gasteiger partial charge in [-0.15, -0.1) is 0 Å². The first-order chi connectivity index (χ1) is 9.85. The van der Waals surface area contributed by atoms with Crippen molar-refractivity contribution in [2.45, 2.75) is 46.2 Å². The van der Waals surface area contributed by atoms with E-state index in [4.69, 9.17) is 0 Å². The van der Waals surface area contributed by atoms with E-state index in [2.05, 4.69) is 12.2 Å². The number of Topliss-reactive ketones (excluding diaryl/α,β-unsaturated/α-hetero) is 1. The summed E-state index contributed by atoms with van der Waals surface area (Å²) in [5.74, 6) is -0.0222. The van der Waals surface area contributed by atoms with E-state index in [-0.39, 0.29) is 30.3 Å². The standard InChI is InChI=1S/C17H26N2O2/c1-6-14-7-9-15(10-8-14)17(21)13(4)19(5)11-16(20)18-12(2)3/h7-10,12-13H,6,11H2,1-5H3,(H,18,20). The lowest BCUT2D eigenvalue weighted by molar-refractivity contribution is -0.122. The van der Waals surface area contributed by atoms with E-state index in [0.717, 1.165) is 6.42 Å². The predicted octanol–water partition coefficient (Wildman–Crippen LogP) is 2.28. The Hall–Kier alpha value is -1.68. The van der Waals surface area contributed by atoms with Crippen molar-refractivity contribution in [2.75, 3.05) is 13.6 Å². The monoisotopic (exact) mass is 290 g/mol. The molecular weight excluding hydrogens is 264 g/mol. The van der Waals surface area contributed by atoms with E-state index >= 15 is 0 Å². The fraction of sp³-hybridized carbons (Fsp3) is 0.529. The molecule has 0 fully saturated rings. The highest BCUT2D eigenvalue weighted by Gasteiger charge is 2.21. The van der Waals surface area contributed by atoms with Crippen molar-refractivity contribution in [3.8, 4) is 0 Å². The van der Waals surface area contributed by atoms with Crippen LogP contribution in [0.5, 0.6) is 0 Å². The molecule has 0 aliphatic heterocycles. The van der Waals surface area contributed by atoms with Gasteiger partial charge in [-0.3, -0.25) is 14.5 Å². The maximum absolute atomic E-state index is 12.4. The third kappa shape index (κ3) is 5.31.